The number of aromatic hydroxyl groups is 8. The number of benzene rings is 7. The van der Waals surface area contributed by atoms with Crippen molar-refractivity contribution in [2.75, 3.05) is 0 Å². The lowest BCUT2D eigenvalue weighted by molar-refractivity contribution is 0.350. The van der Waals surface area contributed by atoms with Crippen LogP contribution in [0.4, 0.5) is 0 Å². The van der Waals surface area contributed by atoms with Gasteiger partial charge in [-0.05, 0) is 80.8 Å². The van der Waals surface area contributed by atoms with Gasteiger partial charge in [0.1, 0.15) is 0 Å². The van der Waals surface area contributed by atoms with Gasteiger partial charge in [-0.3, -0.25) is 0 Å². The van der Waals surface area contributed by atoms with Crippen LogP contribution in [0.5, 0.6) is 46.0 Å². The first-order chi connectivity index (χ1) is 25.4. The van der Waals surface area contributed by atoms with Crippen molar-refractivity contribution in [3.63, 3.8) is 0 Å². The van der Waals surface area contributed by atoms with Crippen molar-refractivity contribution in [2.24, 2.45) is 0 Å². The molecule has 0 aliphatic heterocycles. The molecule has 0 unspecified atom stereocenters. The van der Waals surface area contributed by atoms with Crippen LogP contribution in [0.25, 0.3) is 71.3 Å². The van der Waals surface area contributed by atoms with Crippen LogP contribution in [0.3, 0.4) is 0 Å². The highest BCUT2D eigenvalue weighted by atomic mass is 16.4. The van der Waals surface area contributed by atoms with Gasteiger partial charge in [0.2, 0.25) is 23.0 Å². The lowest BCUT2D eigenvalue weighted by atomic mass is 9.78. The summed E-state index contributed by atoms with van der Waals surface area (Å²) < 4.78 is 0. The highest BCUT2D eigenvalue weighted by molar-refractivity contribution is 6.29. The van der Waals surface area contributed by atoms with Crippen molar-refractivity contribution >= 4 is 37.9 Å². The van der Waals surface area contributed by atoms with Gasteiger partial charge in [-0.25, -0.2) is 0 Å². The molecular weight excluding hydrogens is 668 g/mol. The first-order valence-electron chi connectivity index (χ1n) is 17.3. The van der Waals surface area contributed by atoms with E-state index in [1.807, 2.05) is 42.5 Å². The lowest BCUT2D eigenvalue weighted by Crippen LogP contribution is -2.17. The van der Waals surface area contributed by atoms with Gasteiger partial charge in [0.05, 0.1) is 0 Å². The van der Waals surface area contributed by atoms with E-state index >= 15 is 0 Å². The van der Waals surface area contributed by atoms with Gasteiger partial charge in [0, 0.05) is 38.1 Å². The lowest BCUT2D eigenvalue weighted by Gasteiger charge is -2.26. The third-order valence-corrected chi connectivity index (χ3v) is 11.2. The minimum atomic E-state index is -1.01. The van der Waals surface area contributed by atoms with Crippen molar-refractivity contribution in [1.29, 1.82) is 0 Å². The minimum absolute atomic E-state index is 0.0105. The second-order valence-corrected chi connectivity index (χ2v) is 14.4. The van der Waals surface area contributed by atoms with Crippen LogP contribution in [0.1, 0.15) is 37.8 Å². The molecule has 0 spiro atoms. The van der Waals surface area contributed by atoms with E-state index in [0.29, 0.717) is 11.1 Å². The topological polar surface area (TPSA) is 162 Å². The molecule has 7 aromatic carbocycles. The highest BCUT2D eigenvalue weighted by Gasteiger charge is 2.37. The Morgan fingerprint density at radius 1 is 0.472 bits per heavy atom. The zero-order valence-electron chi connectivity index (χ0n) is 28.7. The number of phenols is 8. The molecule has 0 heterocycles. The van der Waals surface area contributed by atoms with Crippen LogP contribution in [-0.4, -0.2) is 40.9 Å². The molecular formula is C45H34O8. The molecule has 0 saturated carbocycles. The zero-order chi connectivity index (χ0) is 37.1. The third kappa shape index (κ3) is 4.35. The third-order valence-electron chi connectivity index (χ3n) is 11.2. The van der Waals surface area contributed by atoms with Crippen molar-refractivity contribution in [1.82, 2.24) is 0 Å². The van der Waals surface area contributed by atoms with E-state index < -0.39 is 46.0 Å². The molecule has 0 aromatic heterocycles. The summed E-state index contributed by atoms with van der Waals surface area (Å²) >= 11 is 0. The highest BCUT2D eigenvalue weighted by Crippen LogP contribution is 2.62. The van der Waals surface area contributed by atoms with Gasteiger partial charge in [0.25, 0.3) is 0 Å². The molecule has 0 radical (unpaired) electrons. The second-order valence-electron chi connectivity index (χ2n) is 14.4. The quantitative estimate of drug-likeness (QED) is 0.0513. The van der Waals surface area contributed by atoms with E-state index in [4.69, 9.17) is 0 Å². The first kappa shape index (κ1) is 32.1. The zero-order valence-corrected chi connectivity index (χ0v) is 28.7. The predicted octanol–water partition coefficient (Wildman–Crippen LogP) is 10.2. The summed E-state index contributed by atoms with van der Waals surface area (Å²) in [5.74, 6) is -7.26. The molecule has 7 aromatic rings. The van der Waals surface area contributed by atoms with E-state index in [0.717, 1.165) is 34.7 Å². The van der Waals surface area contributed by atoms with Crippen molar-refractivity contribution in [3.05, 3.63) is 114 Å². The fourth-order valence-electron chi connectivity index (χ4n) is 8.60. The van der Waals surface area contributed by atoms with Crippen LogP contribution in [0, 0.1) is 0 Å². The van der Waals surface area contributed by atoms with Crippen LogP contribution in [0.2, 0.25) is 0 Å². The average molecular weight is 703 g/mol. The summed E-state index contributed by atoms with van der Waals surface area (Å²) in [6.07, 6.45) is 6.40. The fraction of sp³-hybridized carbons (Fsp3) is 0.111. The Morgan fingerprint density at radius 2 is 0.981 bits per heavy atom. The summed E-state index contributed by atoms with van der Waals surface area (Å²) in [5.41, 5.74) is 7.28. The molecule has 262 valence electrons. The van der Waals surface area contributed by atoms with Gasteiger partial charge in [-0.2, -0.15) is 0 Å². The number of fused-ring (bicyclic) bond motifs is 5. The normalized spacial score (nSPS) is 14.7. The summed E-state index contributed by atoms with van der Waals surface area (Å²) in [6, 6.07) is 26.2. The largest absolute Gasteiger partial charge is 0.504 e. The van der Waals surface area contributed by atoms with E-state index in [2.05, 4.69) is 38.1 Å². The number of rotatable bonds is 3. The molecule has 0 saturated heterocycles. The van der Waals surface area contributed by atoms with Crippen molar-refractivity contribution < 1.29 is 40.9 Å². The van der Waals surface area contributed by atoms with E-state index in [9.17, 15) is 40.9 Å². The number of hydrogen-bond acceptors (Lipinski definition) is 8. The molecule has 53 heavy (non-hydrogen) atoms. The average Bonchev–Trinajstić information content (AvgIpc) is 3.41. The van der Waals surface area contributed by atoms with Crippen LogP contribution in [-0.2, 0) is 5.41 Å². The molecule has 2 aliphatic carbocycles. The Hall–Kier alpha value is -6.80. The smallest absolute Gasteiger partial charge is 0.204 e. The van der Waals surface area contributed by atoms with Gasteiger partial charge >= 0.3 is 0 Å². The van der Waals surface area contributed by atoms with E-state index in [-0.39, 0.29) is 38.1 Å². The Morgan fingerprint density at radius 3 is 1.58 bits per heavy atom. The molecule has 8 heteroatoms. The summed E-state index contributed by atoms with van der Waals surface area (Å²) in [7, 11) is 0. The number of allylic oxidation sites excluding steroid dienone is 4. The van der Waals surface area contributed by atoms with E-state index in [1.165, 1.54) is 22.3 Å². The van der Waals surface area contributed by atoms with Crippen molar-refractivity contribution in [3.8, 4) is 79.4 Å². The summed E-state index contributed by atoms with van der Waals surface area (Å²) in [6.45, 7) is 4.47. The second kappa shape index (κ2) is 11.1. The van der Waals surface area contributed by atoms with Gasteiger partial charge in [-0.15, -0.1) is 0 Å². The fourth-order valence-corrected chi connectivity index (χ4v) is 8.60. The van der Waals surface area contributed by atoms with Gasteiger partial charge in [-0.1, -0.05) is 98.3 Å². The summed E-state index contributed by atoms with van der Waals surface area (Å²) in [4.78, 5) is 0. The van der Waals surface area contributed by atoms with Crippen LogP contribution < -0.4 is 0 Å². The van der Waals surface area contributed by atoms with Crippen LogP contribution in [0.15, 0.2) is 103 Å². The maximum absolute atomic E-state index is 11.7. The molecule has 8 N–H and O–H groups in total. The minimum Gasteiger partial charge on any atom is -0.504 e. The molecule has 9 rings (SSSR count). The van der Waals surface area contributed by atoms with Crippen LogP contribution >= 0.6 is 0 Å². The molecule has 0 bridgehead atoms. The number of hydrogen-bond donors (Lipinski definition) is 8. The predicted molar refractivity (Wildman–Crippen MR) is 207 cm³/mol. The van der Waals surface area contributed by atoms with Gasteiger partial charge in [0.15, 0.2) is 23.0 Å². The Kier molecular flexibility index (Phi) is 6.73. The Bertz CT molecular complexity index is 2760. The molecule has 0 amide bonds. The SMILES string of the molecule is CC1(C)C2=C(C=CCC2)c2ccc(-c3cccc(-c4c5c(O)c(O)c(O)c(O)c5c(-c5ccc6ccccc6c5)c5c(O)c(O)c(O)c(O)c45)c3)cc21. The monoisotopic (exact) mass is 702 g/mol. The molecule has 0 fully saturated rings. The van der Waals surface area contributed by atoms with Crippen molar-refractivity contribution in [2.45, 2.75) is 32.1 Å². The van der Waals surface area contributed by atoms with E-state index in [1.54, 1.807) is 30.3 Å². The number of phenolic OH excluding ortho intramolecular Hbond substituents is 8. The maximum Gasteiger partial charge on any atom is 0.204 e. The maximum atomic E-state index is 11.7. The molecule has 8 nitrogen and oxygen atoms in total. The first-order valence-corrected chi connectivity index (χ1v) is 17.3. The Balaban J connectivity index is 1.39. The molecule has 2 aliphatic rings. The summed E-state index contributed by atoms with van der Waals surface area (Å²) in [5, 5.41) is 91.2. The Labute approximate surface area is 303 Å². The molecule has 0 atom stereocenters. The van der Waals surface area contributed by atoms with Gasteiger partial charge < -0.3 is 40.9 Å². The standard InChI is InChI=1S/C45H34O8/c1-45(2)29-13-6-5-12-27(29)28-17-16-24(20-30(28)45)23-10-7-11-25(19-23)31-33-35(39(48)43(52)41(50)37(33)46)32(26-15-14-21-8-3-4-9-22(21)18-26)36-34(31)38(47)42(51)44(53)40(36)49/h3-5,7-12,14-20,46-53H,6,13H2,1-2H3.